The number of halogens is 1. The van der Waals surface area contributed by atoms with Crippen molar-refractivity contribution in [1.82, 2.24) is 5.32 Å². The molecule has 3 aromatic rings. The van der Waals surface area contributed by atoms with E-state index in [2.05, 4.69) is 5.32 Å². The SMILES string of the molecule is O=C(NC(Cc1cc([N+](=O)[O-])c(Cl)cc1O)C(=O)O)OCC1c2ccccc2-c2ccccc21. The molecule has 1 atom stereocenters. The summed E-state index contributed by atoms with van der Waals surface area (Å²) in [6.07, 6.45) is -1.37. The average molecular weight is 483 g/mol. The van der Waals surface area contributed by atoms with Crippen LogP contribution >= 0.6 is 11.6 Å². The van der Waals surface area contributed by atoms with Crippen molar-refractivity contribution in [3.63, 3.8) is 0 Å². The molecule has 0 spiro atoms. The third-order valence-electron chi connectivity index (χ3n) is 5.70. The maximum Gasteiger partial charge on any atom is 0.407 e. The Bertz CT molecular complexity index is 1250. The van der Waals surface area contributed by atoms with Crippen molar-refractivity contribution in [2.45, 2.75) is 18.4 Å². The largest absolute Gasteiger partial charge is 0.508 e. The summed E-state index contributed by atoms with van der Waals surface area (Å²) in [7, 11) is 0. The second-order valence-corrected chi connectivity index (χ2v) is 8.16. The van der Waals surface area contributed by atoms with Gasteiger partial charge in [-0.05, 0) is 22.3 Å². The molecule has 0 bridgehead atoms. The van der Waals surface area contributed by atoms with Gasteiger partial charge in [0.1, 0.15) is 23.4 Å². The molecule has 9 nitrogen and oxygen atoms in total. The molecule has 0 radical (unpaired) electrons. The van der Waals surface area contributed by atoms with Gasteiger partial charge in [0.15, 0.2) is 0 Å². The predicted octanol–water partition coefficient (Wildman–Crippen LogP) is 4.49. The molecule has 1 aliphatic rings. The van der Waals surface area contributed by atoms with E-state index in [1.165, 1.54) is 0 Å². The number of benzene rings is 3. The van der Waals surface area contributed by atoms with Crippen LogP contribution in [0, 0.1) is 10.1 Å². The molecule has 0 aliphatic heterocycles. The highest BCUT2D eigenvalue weighted by Gasteiger charge is 2.30. The van der Waals surface area contributed by atoms with Gasteiger partial charge in [-0.25, -0.2) is 9.59 Å². The molecule has 3 N–H and O–H groups in total. The summed E-state index contributed by atoms with van der Waals surface area (Å²) in [5.74, 6) is -2.02. The van der Waals surface area contributed by atoms with Crippen LogP contribution in [-0.2, 0) is 16.0 Å². The molecule has 174 valence electrons. The fourth-order valence-corrected chi connectivity index (χ4v) is 4.33. The highest BCUT2D eigenvalue weighted by Crippen LogP contribution is 2.44. The molecule has 0 aromatic heterocycles. The number of carbonyl (C=O) groups excluding carboxylic acids is 1. The topological polar surface area (TPSA) is 139 Å². The number of carboxylic acids is 1. The third-order valence-corrected chi connectivity index (χ3v) is 6.01. The standard InChI is InChI=1S/C24H19ClN2O7/c25-19-11-22(28)13(10-21(19)27(32)33)9-20(23(29)30)26-24(31)34-12-18-16-7-3-1-5-14(16)15-6-2-4-8-17(15)18/h1-8,10-11,18,20,28H,9,12H2,(H,26,31)(H,29,30). The van der Waals surface area contributed by atoms with E-state index in [-0.39, 0.29) is 23.1 Å². The van der Waals surface area contributed by atoms with Crippen LogP contribution < -0.4 is 5.32 Å². The van der Waals surface area contributed by atoms with Gasteiger partial charge in [-0.15, -0.1) is 0 Å². The molecule has 1 aliphatic carbocycles. The predicted molar refractivity (Wildman–Crippen MR) is 123 cm³/mol. The second kappa shape index (κ2) is 9.40. The summed E-state index contributed by atoms with van der Waals surface area (Å²) >= 11 is 5.75. The normalized spacial score (nSPS) is 13.0. The number of alkyl carbamates (subject to hydrolysis) is 1. The summed E-state index contributed by atoms with van der Waals surface area (Å²) in [6, 6.07) is 16.0. The summed E-state index contributed by atoms with van der Waals surface area (Å²) in [6.45, 7) is -0.0101. The number of phenolic OH excluding ortho intramolecular Hbond substituents is 1. The number of hydrogen-bond donors (Lipinski definition) is 3. The Morgan fingerprint density at radius 1 is 1.09 bits per heavy atom. The van der Waals surface area contributed by atoms with E-state index in [1.807, 2.05) is 48.5 Å². The highest BCUT2D eigenvalue weighted by atomic mass is 35.5. The van der Waals surface area contributed by atoms with Crippen LogP contribution in [0.15, 0.2) is 60.7 Å². The molecule has 0 fully saturated rings. The van der Waals surface area contributed by atoms with E-state index in [9.17, 15) is 29.9 Å². The minimum Gasteiger partial charge on any atom is -0.508 e. The van der Waals surface area contributed by atoms with Crippen molar-refractivity contribution < 1.29 is 29.5 Å². The molecular formula is C24H19ClN2O7. The molecule has 1 amide bonds. The van der Waals surface area contributed by atoms with Gasteiger partial charge >= 0.3 is 12.1 Å². The maximum atomic E-state index is 12.5. The zero-order chi connectivity index (χ0) is 24.4. The number of nitro groups is 1. The van der Waals surface area contributed by atoms with Gasteiger partial charge in [0.2, 0.25) is 0 Å². The highest BCUT2D eigenvalue weighted by molar-refractivity contribution is 6.32. The number of aromatic hydroxyl groups is 1. The van der Waals surface area contributed by atoms with Crippen molar-refractivity contribution >= 4 is 29.4 Å². The van der Waals surface area contributed by atoms with Gasteiger partial charge < -0.3 is 20.3 Å². The number of aliphatic carboxylic acids is 1. The lowest BCUT2D eigenvalue weighted by Crippen LogP contribution is -2.43. The lowest BCUT2D eigenvalue weighted by atomic mass is 9.98. The molecule has 3 aromatic carbocycles. The molecule has 0 saturated carbocycles. The first-order valence-electron chi connectivity index (χ1n) is 10.3. The van der Waals surface area contributed by atoms with Crippen molar-refractivity contribution in [2.24, 2.45) is 0 Å². The summed E-state index contributed by atoms with van der Waals surface area (Å²) < 4.78 is 5.36. The van der Waals surface area contributed by atoms with Crippen molar-refractivity contribution in [2.75, 3.05) is 6.61 Å². The van der Waals surface area contributed by atoms with E-state index >= 15 is 0 Å². The Balaban J connectivity index is 1.46. The average Bonchev–Trinajstić information content (AvgIpc) is 3.12. The van der Waals surface area contributed by atoms with Crippen LogP contribution in [0.3, 0.4) is 0 Å². The molecule has 1 unspecified atom stereocenters. The van der Waals surface area contributed by atoms with Crippen LogP contribution in [0.1, 0.15) is 22.6 Å². The zero-order valence-corrected chi connectivity index (χ0v) is 18.4. The van der Waals surface area contributed by atoms with Gasteiger partial charge in [-0.1, -0.05) is 60.1 Å². The van der Waals surface area contributed by atoms with Crippen LogP contribution in [0.4, 0.5) is 10.5 Å². The number of amides is 1. The Morgan fingerprint density at radius 2 is 1.68 bits per heavy atom. The monoisotopic (exact) mass is 482 g/mol. The molecule has 4 rings (SSSR count). The lowest BCUT2D eigenvalue weighted by molar-refractivity contribution is -0.384. The number of nitro benzene ring substituents is 1. The molecule has 34 heavy (non-hydrogen) atoms. The van der Waals surface area contributed by atoms with Crippen LogP contribution in [0.2, 0.25) is 5.02 Å². The third kappa shape index (κ3) is 4.51. The van der Waals surface area contributed by atoms with Gasteiger partial charge in [-0.2, -0.15) is 0 Å². The number of fused-ring (bicyclic) bond motifs is 3. The van der Waals surface area contributed by atoms with Crippen LogP contribution in [0.5, 0.6) is 5.75 Å². The Kier molecular flexibility index (Phi) is 6.38. The van der Waals surface area contributed by atoms with Crippen LogP contribution in [-0.4, -0.2) is 39.8 Å². The minimum atomic E-state index is -1.50. The number of nitrogens with zero attached hydrogens (tertiary/aromatic N) is 1. The molecular weight excluding hydrogens is 464 g/mol. The number of ether oxygens (including phenoxy) is 1. The Labute approximate surface area is 198 Å². The van der Waals surface area contributed by atoms with Gasteiger partial charge in [-0.3, -0.25) is 10.1 Å². The Hall–Kier alpha value is -4.11. The van der Waals surface area contributed by atoms with Crippen molar-refractivity contribution in [3.05, 3.63) is 92.5 Å². The number of carbonyl (C=O) groups is 2. The van der Waals surface area contributed by atoms with E-state index in [4.69, 9.17) is 16.3 Å². The summed E-state index contributed by atoms with van der Waals surface area (Å²) in [5.41, 5.74) is 3.57. The summed E-state index contributed by atoms with van der Waals surface area (Å²) in [5, 5.41) is 32.7. The lowest BCUT2D eigenvalue weighted by Gasteiger charge is -2.18. The smallest absolute Gasteiger partial charge is 0.407 e. The van der Waals surface area contributed by atoms with Crippen LogP contribution in [0.25, 0.3) is 11.1 Å². The molecule has 0 saturated heterocycles. The minimum absolute atomic E-state index is 0.0101. The summed E-state index contributed by atoms with van der Waals surface area (Å²) in [4.78, 5) is 34.5. The second-order valence-electron chi connectivity index (χ2n) is 7.75. The van der Waals surface area contributed by atoms with Crippen molar-refractivity contribution in [1.29, 1.82) is 0 Å². The fraction of sp³-hybridized carbons (Fsp3) is 0.167. The first kappa shape index (κ1) is 23.1. The number of phenols is 1. The van der Waals surface area contributed by atoms with Gasteiger partial charge in [0.25, 0.3) is 5.69 Å². The van der Waals surface area contributed by atoms with Gasteiger partial charge in [0, 0.05) is 30.0 Å². The quantitative estimate of drug-likeness (QED) is 0.333. The Morgan fingerprint density at radius 3 is 2.24 bits per heavy atom. The van der Waals surface area contributed by atoms with E-state index in [1.54, 1.807) is 0 Å². The van der Waals surface area contributed by atoms with E-state index in [0.29, 0.717) is 0 Å². The zero-order valence-electron chi connectivity index (χ0n) is 17.6. The number of hydrogen-bond acceptors (Lipinski definition) is 6. The number of rotatable bonds is 7. The molecule has 0 heterocycles. The van der Waals surface area contributed by atoms with Crippen molar-refractivity contribution in [3.8, 4) is 16.9 Å². The van der Waals surface area contributed by atoms with Gasteiger partial charge in [0.05, 0.1) is 4.92 Å². The first-order valence-corrected chi connectivity index (χ1v) is 10.6. The number of nitrogens with one attached hydrogen (secondary N) is 1. The van der Waals surface area contributed by atoms with E-state index < -0.39 is 40.9 Å². The molecule has 10 heteroatoms. The fourth-order valence-electron chi connectivity index (χ4n) is 4.10. The number of carboxylic acid groups (broad SMARTS) is 1. The van der Waals surface area contributed by atoms with E-state index in [0.717, 1.165) is 34.4 Å². The maximum absolute atomic E-state index is 12.5. The first-order chi connectivity index (χ1) is 16.3.